The lowest BCUT2D eigenvalue weighted by Crippen LogP contribution is -2.53. The lowest BCUT2D eigenvalue weighted by molar-refractivity contribution is 0.0140. The molecule has 2 aliphatic rings. The van der Waals surface area contributed by atoms with Gasteiger partial charge in [0.15, 0.2) is 0 Å². The van der Waals surface area contributed by atoms with E-state index in [4.69, 9.17) is 4.74 Å². The Morgan fingerprint density at radius 2 is 1.72 bits per heavy atom. The zero-order valence-corrected chi connectivity index (χ0v) is 21.6. The van der Waals surface area contributed by atoms with Crippen LogP contribution in [0.5, 0.6) is 0 Å². The molecule has 1 N–H and O–H groups in total. The number of aromatic nitrogens is 1. The highest BCUT2D eigenvalue weighted by atomic mass is 16.6. The molecule has 1 aliphatic carbocycles. The van der Waals surface area contributed by atoms with Crippen LogP contribution in [0.4, 0.5) is 4.79 Å². The van der Waals surface area contributed by atoms with Crippen LogP contribution in [-0.4, -0.2) is 63.6 Å². The number of aryl methyl sites for hydroxylation is 1. The van der Waals surface area contributed by atoms with Crippen LogP contribution in [-0.2, 0) is 17.8 Å². The van der Waals surface area contributed by atoms with Gasteiger partial charge in [0, 0.05) is 33.2 Å². The highest BCUT2D eigenvalue weighted by Crippen LogP contribution is 2.42. The number of nitrogens with zero attached hydrogens (tertiary/aromatic N) is 3. The minimum atomic E-state index is -0.605. The molecule has 1 saturated carbocycles. The van der Waals surface area contributed by atoms with Crippen LogP contribution in [0.25, 0.3) is 0 Å². The Morgan fingerprint density at radius 3 is 2.33 bits per heavy atom. The summed E-state index contributed by atoms with van der Waals surface area (Å²) < 4.78 is 6.87. The Bertz CT molecular complexity index is 1240. The number of carbonyl (C=O) groups is 3. The van der Waals surface area contributed by atoms with Crippen LogP contribution >= 0.6 is 0 Å². The number of rotatable bonds is 6. The van der Waals surface area contributed by atoms with Crippen molar-refractivity contribution in [2.24, 2.45) is 0 Å². The third-order valence-electron chi connectivity index (χ3n) is 6.78. The van der Waals surface area contributed by atoms with Crippen LogP contribution in [0.3, 0.4) is 0 Å². The molecule has 1 aromatic carbocycles. The summed E-state index contributed by atoms with van der Waals surface area (Å²) in [4.78, 5) is 54.9. The molecule has 0 atom stereocenters. The number of likely N-dealkylation sites (N-methyl/N-ethyl adjacent to an activating group) is 1. The normalized spacial score (nSPS) is 16.2. The summed E-state index contributed by atoms with van der Waals surface area (Å²) in [5.41, 5.74) is 0.772. The summed E-state index contributed by atoms with van der Waals surface area (Å²) in [5, 5.41) is 2.78. The molecule has 2 heterocycles. The maximum Gasteiger partial charge on any atom is 0.410 e. The van der Waals surface area contributed by atoms with E-state index in [0.717, 1.165) is 24.0 Å². The molecule has 0 unspecified atom stereocenters. The van der Waals surface area contributed by atoms with Gasteiger partial charge in [-0.05, 0) is 58.2 Å². The lowest BCUT2D eigenvalue weighted by atomic mass is 10.1. The SMILES string of the molecule is Cc1ccc(CNC(=O)c2ccc3n(c2=O)CCN(CC2(N(C)C(=O)OC(C)(C)C)CC2)C3=O)cc1. The van der Waals surface area contributed by atoms with Crippen LogP contribution < -0.4 is 10.9 Å². The third-order valence-corrected chi connectivity index (χ3v) is 6.78. The lowest BCUT2D eigenvalue weighted by Gasteiger charge is -2.37. The number of nitrogens with one attached hydrogen (secondary N) is 1. The highest BCUT2D eigenvalue weighted by molar-refractivity contribution is 5.96. The molecule has 0 bridgehead atoms. The predicted octanol–water partition coefficient (Wildman–Crippen LogP) is 2.94. The summed E-state index contributed by atoms with van der Waals surface area (Å²) in [6, 6.07) is 10.7. The first-order valence-electron chi connectivity index (χ1n) is 12.2. The molecular weight excluding hydrogens is 460 g/mol. The van der Waals surface area contributed by atoms with E-state index >= 15 is 0 Å². The monoisotopic (exact) mass is 494 g/mol. The molecule has 0 radical (unpaired) electrons. The van der Waals surface area contributed by atoms with Gasteiger partial charge >= 0.3 is 6.09 Å². The van der Waals surface area contributed by atoms with Gasteiger partial charge in [0.05, 0.1) is 5.54 Å². The number of benzene rings is 1. The van der Waals surface area contributed by atoms with Crippen molar-refractivity contribution < 1.29 is 19.1 Å². The Kier molecular flexibility index (Phi) is 6.68. The Hall–Kier alpha value is -3.62. The minimum absolute atomic E-state index is 0.00966. The van der Waals surface area contributed by atoms with Gasteiger partial charge in [-0.25, -0.2) is 4.79 Å². The van der Waals surface area contributed by atoms with Crippen LogP contribution in [0.15, 0.2) is 41.2 Å². The molecule has 2 aromatic rings. The zero-order valence-electron chi connectivity index (χ0n) is 21.6. The van der Waals surface area contributed by atoms with Crippen molar-refractivity contribution in [3.05, 3.63) is 69.1 Å². The van der Waals surface area contributed by atoms with Crippen molar-refractivity contribution >= 4 is 17.9 Å². The largest absolute Gasteiger partial charge is 0.444 e. The van der Waals surface area contributed by atoms with Gasteiger partial charge in [0.2, 0.25) is 0 Å². The van der Waals surface area contributed by atoms with E-state index in [1.165, 1.54) is 16.7 Å². The molecular formula is C27H34N4O5. The van der Waals surface area contributed by atoms with Crippen molar-refractivity contribution in [1.29, 1.82) is 0 Å². The summed E-state index contributed by atoms with van der Waals surface area (Å²) in [5.74, 6) is -0.754. The maximum absolute atomic E-state index is 13.2. The maximum atomic E-state index is 13.2. The Morgan fingerprint density at radius 1 is 1.06 bits per heavy atom. The predicted molar refractivity (Wildman–Crippen MR) is 135 cm³/mol. The molecule has 1 aromatic heterocycles. The van der Waals surface area contributed by atoms with E-state index in [9.17, 15) is 19.2 Å². The molecule has 1 fully saturated rings. The van der Waals surface area contributed by atoms with Gasteiger partial charge in [-0.2, -0.15) is 0 Å². The number of ether oxygens (including phenoxy) is 1. The second-order valence-electron chi connectivity index (χ2n) is 10.7. The first kappa shape index (κ1) is 25.5. The minimum Gasteiger partial charge on any atom is -0.444 e. The summed E-state index contributed by atoms with van der Waals surface area (Å²) in [6.45, 7) is 8.72. The third kappa shape index (κ3) is 5.29. The number of hydrogen-bond acceptors (Lipinski definition) is 5. The Balaban J connectivity index is 1.44. The van der Waals surface area contributed by atoms with Gasteiger partial charge in [-0.1, -0.05) is 29.8 Å². The number of hydrogen-bond donors (Lipinski definition) is 1. The van der Waals surface area contributed by atoms with Crippen LogP contribution in [0.1, 0.15) is 65.6 Å². The number of fused-ring (bicyclic) bond motifs is 1. The van der Waals surface area contributed by atoms with Crippen LogP contribution in [0, 0.1) is 6.92 Å². The molecule has 4 rings (SSSR count). The number of amides is 3. The van der Waals surface area contributed by atoms with E-state index in [2.05, 4.69) is 5.32 Å². The quantitative estimate of drug-likeness (QED) is 0.666. The number of pyridine rings is 1. The van der Waals surface area contributed by atoms with Gasteiger partial charge < -0.3 is 24.4 Å². The van der Waals surface area contributed by atoms with Crippen molar-refractivity contribution in [2.45, 2.75) is 64.8 Å². The summed E-state index contributed by atoms with van der Waals surface area (Å²) >= 11 is 0. The Labute approximate surface area is 211 Å². The first-order chi connectivity index (χ1) is 16.9. The molecule has 36 heavy (non-hydrogen) atoms. The van der Waals surface area contributed by atoms with Gasteiger partial charge in [0.25, 0.3) is 17.4 Å². The van der Waals surface area contributed by atoms with Crippen molar-refractivity contribution in [2.75, 3.05) is 20.1 Å². The van der Waals surface area contributed by atoms with Gasteiger partial charge in [-0.3, -0.25) is 14.4 Å². The van der Waals surface area contributed by atoms with E-state index in [1.807, 2.05) is 52.0 Å². The van der Waals surface area contributed by atoms with E-state index in [0.29, 0.717) is 19.6 Å². The standard InChI is InChI=1S/C27H34N4O5/c1-18-6-8-19(9-7-18)16-28-22(32)20-10-11-21-24(34)30(14-15-31(21)23(20)33)17-27(12-13-27)29(5)25(35)36-26(2,3)4/h6-11H,12-17H2,1-5H3,(H,28,32). The molecule has 9 nitrogen and oxygen atoms in total. The summed E-state index contributed by atoms with van der Waals surface area (Å²) in [7, 11) is 1.70. The van der Waals surface area contributed by atoms with Crippen molar-refractivity contribution in [3.8, 4) is 0 Å². The molecule has 0 spiro atoms. The highest BCUT2D eigenvalue weighted by Gasteiger charge is 2.51. The van der Waals surface area contributed by atoms with Crippen molar-refractivity contribution in [3.63, 3.8) is 0 Å². The second kappa shape index (κ2) is 9.44. The smallest absolute Gasteiger partial charge is 0.410 e. The van der Waals surface area contributed by atoms with Gasteiger partial charge in [-0.15, -0.1) is 0 Å². The van der Waals surface area contributed by atoms with Crippen LogP contribution in [0.2, 0.25) is 0 Å². The molecule has 3 amide bonds. The molecule has 192 valence electrons. The zero-order chi connectivity index (χ0) is 26.3. The van der Waals surface area contributed by atoms with Gasteiger partial charge in [0.1, 0.15) is 16.9 Å². The fraction of sp³-hybridized carbons (Fsp3) is 0.481. The molecule has 9 heteroatoms. The summed E-state index contributed by atoms with van der Waals surface area (Å²) in [6.07, 6.45) is 1.14. The first-order valence-corrected chi connectivity index (χ1v) is 12.2. The fourth-order valence-electron chi connectivity index (χ4n) is 4.40. The van der Waals surface area contributed by atoms with E-state index in [1.54, 1.807) is 16.8 Å². The molecule has 1 aliphatic heterocycles. The van der Waals surface area contributed by atoms with E-state index < -0.39 is 28.7 Å². The van der Waals surface area contributed by atoms with Crippen molar-refractivity contribution in [1.82, 2.24) is 19.7 Å². The van der Waals surface area contributed by atoms with E-state index in [-0.39, 0.29) is 23.7 Å². The second-order valence-corrected chi connectivity index (χ2v) is 10.7. The average molecular weight is 495 g/mol. The molecule has 0 saturated heterocycles. The fourth-order valence-corrected chi connectivity index (χ4v) is 4.40. The topological polar surface area (TPSA) is 101 Å². The number of carbonyl (C=O) groups excluding carboxylic acids is 3. The average Bonchev–Trinajstić information content (AvgIpc) is 3.59.